The van der Waals surface area contributed by atoms with Crippen LogP contribution < -0.4 is 4.90 Å². The van der Waals surface area contributed by atoms with Gasteiger partial charge in [-0.1, -0.05) is 11.6 Å². The molecule has 0 aliphatic carbocycles. The number of carbonyl (C=O) groups excluding carboxylic acids is 2. The van der Waals surface area contributed by atoms with E-state index in [4.69, 9.17) is 30.2 Å². The van der Waals surface area contributed by atoms with Crippen molar-refractivity contribution in [1.29, 1.82) is 0 Å². The molecule has 1 aliphatic heterocycles. The molecule has 11 heteroatoms. The quantitative estimate of drug-likeness (QED) is 0.425. The van der Waals surface area contributed by atoms with Crippen molar-refractivity contribution in [2.45, 2.75) is 0 Å². The summed E-state index contributed by atoms with van der Waals surface area (Å²) in [5.41, 5.74) is 1.16. The Morgan fingerprint density at radius 1 is 1.09 bits per heavy atom. The van der Waals surface area contributed by atoms with Gasteiger partial charge in [0.05, 0.1) is 37.0 Å². The van der Waals surface area contributed by atoms with Crippen LogP contribution in [0.4, 0.5) is 14.5 Å². The summed E-state index contributed by atoms with van der Waals surface area (Å²) < 4.78 is 47.7. The third kappa shape index (κ3) is 3.78. The van der Waals surface area contributed by atoms with Crippen LogP contribution in [0.15, 0.2) is 46.0 Å². The molecule has 1 aliphatic rings. The summed E-state index contributed by atoms with van der Waals surface area (Å²) in [6, 6.07) is 6.47. The highest BCUT2D eigenvalue weighted by atomic mass is 35.5. The Bertz CT molecular complexity index is 1270. The van der Waals surface area contributed by atoms with Crippen LogP contribution >= 0.6 is 11.6 Å². The molecule has 32 heavy (non-hydrogen) atoms. The molecule has 0 radical (unpaired) electrons. The van der Waals surface area contributed by atoms with Crippen LogP contribution in [0.5, 0.6) is 0 Å². The lowest BCUT2D eigenvalue weighted by atomic mass is 10.1. The molecule has 8 nitrogen and oxygen atoms in total. The number of rotatable bonds is 4. The van der Waals surface area contributed by atoms with E-state index >= 15 is 0 Å². The van der Waals surface area contributed by atoms with Gasteiger partial charge in [-0.25, -0.2) is 23.4 Å². The number of aromatic nitrogens is 1. The summed E-state index contributed by atoms with van der Waals surface area (Å²) in [5.74, 6) is -3.68. The number of nitrogens with zero attached hydrogens (tertiary/aromatic N) is 2. The zero-order valence-electron chi connectivity index (χ0n) is 16.8. The fourth-order valence-electron chi connectivity index (χ4n) is 3.23. The number of anilines is 1. The second kappa shape index (κ2) is 8.56. The van der Waals surface area contributed by atoms with Gasteiger partial charge in [0.1, 0.15) is 17.9 Å². The van der Waals surface area contributed by atoms with E-state index in [1.165, 1.54) is 19.1 Å². The molecule has 0 atom stereocenters. The Morgan fingerprint density at radius 2 is 1.81 bits per heavy atom. The van der Waals surface area contributed by atoms with Gasteiger partial charge in [-0.15, -0.1) is 0 Å². The Kier molecular flexibility index (Phi) is 5.81. The van der Waals surface area contributed by atoms with Crippen molar-refractivity contribution in [1.82, 2.24) is 4.98 Å². The standard InChI is InChI=1S/C21H15ClF2N2O6/c1-29-20(27)12-8-31-9-26(18(12)21(28)30-2)10-3-4-17-16(5-10)25-19(32-17)11-6-14(23)15(24)7-13(11)22/h3-7H,8-9H2,1-2H3. The average molecular weight is 465 g/mol. The monoisotopic (exact) mass is 464 g/mol. The zero-order chi connectivity index (χ0) is 23.0. The van der Waals surface area contributed by atoms with E-state index < -0.39 is 23.6 Å². The number of oxazole rings is 1. The minimum atomic E-state index is -1.10. The van der Waals surface area contributed by atoms with Crippen LogP contribution in [0.25, 0.3) is 22.6 Å². The Hall–Kier alpha value is -3.50. The van der Waals surface area contributed by atoms with Gasteiger partial charge < -0.3 is 23.5 Å². The number of halogens is 3. The third-order valence-electron chi connectivity index (χ3n) is 4.76. The first-order valence-electron chi connectivity index (χ1n) is 9.14. The smallest absolute Gasteiger partial charge is 0.355 e. The van der Waals surface area contributed by atoms with Crippen molar-refractivity contribution < 1.29 is 37.0 Å². The van der Waals surface area contributed by atoms with Crippen LogP contribution in [0.3, 0.4) is 0 Å². The molecule has 2 aromatic carbocycles. The Labute approximate surface area is 184 Å². The molecule has 0 fully saturated rings. The summed E-state index contributed by atoms with van der Waals surface area (Å²) in [7, 11) is 2.38. The Morgan fingerprint density at radius 3 is 2.53 bits per heavy atom. The van der Waals surface area contributed by atoms with Gasteiger partial charge in [0, 0.05) is 5.69 Å². The molecule has 0 saturated heterocycles. The predicted molar refractivity (Wildman–Crippen MR) is 109 cm³/mol. The van der Waals surface area contributed by atoms with Crippen LogP contribution in [0.2, 0.25) is 5.02 Å². The van der Waals surface area contributed by atoms with Gasteiger partial charge in [0.25, 0.3) is 0 Å². The molecule has 0 N–H and O–H groups in total. The SMILES string of the molecule is COC(=O)C1=C(C(=O)OC)N(c2ccc3oc(-c4cc(F)c(F)cc4Cl)nc3c2)COC1. The first-order valence-corrected chi connectivity index (χ1v) is 9.52. The summed E-state index contributed by atoms with van der Waals surface area (Å²) in [6.45, 7) is -0.172. The maximum Gasteiger partial charge on any atom is 0.355 e. The van der Waals surface area contributed by atoms with Gasteiger partial charge >= 0.3 is 11.9 Å². The van der Waals surface area contributed by atoms with Crippen LogP contribution in [0, 0.1) is 11.6 Å². The summed E-state index contributed by atoms with van der Waals surface area (Å²) in [5, 5.41) is -0.0706. The lowest BCUT2D eigenvalue weighted by Crippen LogP contribution is -2.38. The fourth-order valence-corrected chi connectivity index (χ4v) is 3.46. The molecule has 4 rings (SSSR count). The molecule has 0 bridgehead atoms. The average Bonchev–Trinajstić information content (AvgIpc) is 3.22. The van der Waals surface area contributed by atoms with Crippen molar-refractivity contribution in [2.75, 3.05) is 32.5 Å². The van der Waals surface area contributed by atoms with E-state index in [0.717, 1.165) is 12.1 Å². The molecular weight excluding hydrogens is 450 g/mol. The number of benzene rings is 2. The van der Waals surface area contributed by atoms with Gasteiger partial charge in [-0.3, -0.25) is 0 Å². The lowest BCUT2D eigenvalue weighted by Gasteiger charge is -2.31. The topological polar surface area (TPSA) is 91.1 Å². The number of methoxy groups -OCH3 is 2. The number of hydrogen-bond acceptors (Lipinski definition) is 8. The highest BCUT2D eigenvalue weighted by Crippen LogP contribution is 2.34. The molecule has 0 saturated carbocycles. The van der Waals surface area contributed by atoms with E-state index in [1.807, 2.05) is 0 Å². The van der Waals surface area contributed by atoms with Crippen molar-refractivity contribution in [2.24, 2.45) is 0 Å². The second-order valence-electron chi connectivity index (χ2n) is 6.63. The number of fused-ring (bicyclic) bond motifs is 1. The van der Waals surface area contributed by atoms with E-state index in [1.54, 1.807) is 18.2 Å². The van der Waals surface area contributed by atoms with E-state index in [2.05, 4.69) is 4.98 Å². The first-order chi connectivity index (χ1) is 15.3. The van der Waals surface area contributed by atoms with E-state index in [9.17, 15) is 18.4 Å². The highest BCUT2D eigenvalue weighted by molar-refractivity contribution is 6.33. The van der Waals surface area contributed by atoms with Crippen molar-refractivity contribution in [3.8, 4) is 11.5 Å². The summed E-state index contributed by atoms with van der Waals surface area (Å²) in [4.78, 5) is 30.3. The van der Waals surface area contributed by atoms with Gasteiger partial charge in [0.2, 0.25) is 5.89 Å². The molecule has 2 heterocycles. The molecule has 166 valence electrons. The molecule has 1 aromatic heterocycles. The van der Waals surface area contributed by atoms with Crippen molar-refractivity contribution in [3.63, 3.8) is 0 Å². The maximum atomic E-state index is 13.7. The molecule has 0 amide bonds. The Balaban J connectivity index is 1.79. The largest absolute Gasteiger partial charge is 0.466 e. The predicted octanol–water partition coefficient (Wildman–Crippen LogP) is 3.82. The van der Waals surface area contributed by atoms with Crippen molar-refractivity contribution in [3.05, 3.63) is 58.3 Å². The molecule has 3 aromatic rings. The maximum absolute atomic E-state index is 13.7. The highest BCUT2D eigenvalue weighted by Gasteiger charge is 2.32. The van der Waals surface area contributed by atoms with Gasteiger partial charge in [0.15, 0.2) is 17.2 Å². The van der Waals surface area contributed by atoms with Gasteiger partial charge in [-0.2, -0.15) is 0 Å². The third-order valence-corrected chi connectivity index (χ3v) is 5.07. The number of ether oxygens (including phenoxy) is 3. The summed E-state index contributed by atoms with van der Waals surface area (Å²) in [6.07, 6.45) is 0. The first kappa shape index (κ1) is 21.7. The van der Waals surface area contributed by atoms with Crippen molar-refractivity contribution >= 4 is 40.3 Å². The molecule has 0 spiro atoms. The fraction of sp³-hybridized carbons (Fsp3) is 0.190. The second-order valence-corrected chi connectivity index (χ2v) is 7.04. The molecular formula is C21H15ClF2N2O6. The van der Waals surface area contributed by atoms with Crippen LogP contribution in [-0.4, -0.2) is 44.5 Å². The van der Waals surface area contributed by atoms with E-state index in [0.29, 0.717) is 16.8 Å². The minimum Gasteiger partial charge on any atom is -0.466 e. The minimum absolute atomic E-state index is 0.0001000. The molecule has 0 unspecified atom stereocenters. The number of hydrogen-bond donors (Lipinski definition) is 0. The van der Waals surface area contributed by atoms with Crippen LogP contribution in [-0.2, 0) is 23.8 Å². The van der Waals surface area contributed by atoms with E-state index in [-0.39, 0.29) is 41.1 Å². The van der Waals surface area contributed by atoms with Gasteiger partial charge in [-0.05, 0) is 30.3 Å². The normalized spacial score (nSPS) is 14.1. The number of esters is 2. The number of carbonyl (C=O) groups is 2. The summed E-state index contributed by atoms with van der Waals surface area (Å²) >= 11 is 6.01. The van der Waals surface area contributed by atoms with Crippen LogP contribution in [0.1, 0.15) is 0 Å². The zero-order valence-corrected chi connectivity index (χ0v) is 17.5. The lowest BCUT2D eigenvalue weighted by molar-refractivity contribution is -0.140.